The molecule has 1 fully saturated rings. The second kappa shape index (κ2) is 11.0. The Bertz CT molecular complexity index is 1320. The van der Waals surface area contributed by atoms with E-state index in [1.807, 2.05) is 12.1 Å². The number of aldehydes is 1. The summed E-state index contributed by atoms with van der Waals surface area (Å²) in [5.41, 5.74) is 2.80. The van der Waals surface area contributed by atoms with E-state index in [4.69, 9.17) is 5.11 Å². The van der Waals surface area contributed by atoms with Crippen molar-refractivity contribution in [3.8, 4) is 11.1 Å². The van der Waals surface area contributed by atoms with Crippen LogP contribution < -0.4 is 10.6 Å². The third-order valence-corrected chi connectivity index (χ3v) is 6.93. The first kappa shape index (κ1) is 26.7. The molecule has 2 aromatic rings. The molecule has 1 heterocycles. The van der Waals surface area contributed by atoms with Gasteiger partial charge in [-0.05, 0) is 42.0 Å². The Hall–Kier alpha value is -4.34. The lowest BCUT2D eigenvalue weighted by Gasteiger charge is -2.31. The lowest BCUT2D eigenvalue weighted by atomic mass is 10.00. The highest BCUT2D eigenvalue weighted by molar-refractivity contribution is 6.22. The third-order valence-electron chi connectivity index (χ3n) is 6.93. The summed E-state index contributed by atoms with van der Waals surface area (Å²) in [4.78, 5) is 75.8. The molecular formula is C28H29N3O7. The van der Waals surface area contributed by atoms with Crippen LogP contribution in [0.1, 0.15) is 59.4 Å². The summed E-state index contributed by atoms with van der Waals surface area (Å²) >= 11 is 0. The van der Waals surface area contributed by atoms with E-state index in [1.165, 1.54) is 11.0 Å². The number of carboxylic acids is 1. The fraction of sp³-hybridized carbons (Fsp3) is 0.357. The number of amides is 3. The van der Waals surface area contributed by atoms with Gasteiger partial charge in [-0.25, -0.2) is 0 Å². The van der Waals surface area contributed by atoms with Crippen LogP contribution >= 0.6 is 0 Å². The molecule has 38 heavy (non-hydrogen) atoms. The van der Waals surface area contributed by atoms with Crippen molar-refractivity contribution in [3.05, 3.63) is 59.2 Å². The molecule has 0 spiro atoms. The van der Waals surface area contributed by atoms with Crippen molar-refractivity contribution in [2.24, 2.45) is 5.92 Å². The normalized spacial score (nSPS) is 17.4. The largest absolute Gasteiger partial charge is 0.481 e. The number of ketones is 1. The van der Waals surface area contributed by atoms with Gasteiger partial charge < -0.3 is 25.4 Å². The van der Waals surface area contributed by atoms with Crippen molar-refractivity contribution in [1.82, 2.24) is 15.5 Å². The summed E-state index contributed by atoms with van der Waals surface area (Å²) < 4.78 is 0. The Morgan fingerprint density at radius 1 is 1.03 bits per heavy atom. The van der Waals surface area contributed by atoms with Crippen LogP contribution in [-0.4, -0.2) is 70.4 Å². The fourth-order valence-electron chi connectivity index (χ4n) is 4.99. The Labute approximate surface area is 219 Å². The number of rotatable bonds is 9. The van der Waals surface area contributed by atoms with Gasteiger partial charge in [-0.1, -0.05) is 44.2 Å². The zero-order valence-corrected chi connectivity index (χ0v) is 21.1. The maximum absolute atomic E-state index is 13.5. The highest BCUT2D eigenvalue weighted by Gasteiger charge is 2.39. The van der Waals surface area contributed by atoms with E-state index >= 15 is 0 Å². The third kappa shape index (κ3) is 5.20. The summed E-state index contributed by atoms with van der Waals surface area (Å²) in [6.45, 7) is 3.82. The number of hydrogen-bond donors (Lipinski definition) is 3. The molecule has 2 aromatic carbocycles. The minimum absolute atomic E-state index is 0.163. The number of hydrogen-bond acceptors (Lipinski definition) is 6. The standard InChI is InChI=1S/C28H29N3O7/c1-15(2)24(28(38)31-11-5-8-22(31)27(37)29-17(14-32)13-23(33)34)30-26(36)16-9-10-19-18-6-3-4-7-20(18)25(35)21(19)12-16/h3-4,6-7,9-10,12,14-15,17,22,24H,5,8,11,13H2,1-2H3,(H,29,37)(H,30,36)(H,33,34)/t17-,22-,24?/m0/s1. The summed E-state index contributed by atoms with van der Waals surface area (Å²) in [7, 11) is 0. The van der Waals surface area contributed by atoms with Gasteiger partial charge in [-0.15, -0.1) is 0 Å². The summed E-state index contributed by atoms with van der Waals surface area (Å²) in [6.07, 6.45) is 0.683. The zero-order chi connectivity index (χ0) is 27.6. The molecule has 2 aliphatic rings. The molecule has 1 saturated heterocycles. The number of carbonyl (C=O) groups excluding carboxylic acids is 5. The fourth-order valence-corrected chi connectivity index (χ4v) is 4.99. The van der Waals surface area contributed by atoms with Crippen LogP contribution in [0.3, 0.4) is 0 Å². The molecule has 3 amide bonds. The SMILES string of the molecule is CC(C)C(NC(=O)c1ccc2c(c1)C(=O)c1ccccc1-2)C(=O)N1CCC[C@H]1C(=O)N[C@H](C=O)CC(=O)O. The molecule has 10 heteroatoms. The van der Waals surface area contributed by atoms with Crippen LogP contribution in [0.5, 0.6) is 0 Å². The van der Waals surface area contributed by atoms with Gasteiger partial charge in [0.1, 0.15) is 18.4 Å². The van der Waals surface area contributed by atoms with Gasteiger partial charge in [0.05, 0.1) is 12.5 Å². The smallest absolute Gasteiger partial charge is 0.305 e. The average molecular weight is 520 g/mol. The number of carbonyl (C=O) groups is 6. The van der Waals surface area contributed by atoms with Gasteiger partial charge in [-0.2, -0.15) is 0 Å². The van der Waals surface area contributed by atoms with Gasteiger partial charge >= 0.3 is 5.97 Å². The van der Waals surface area contributed by atoms with Crippen LogP contribution in [0.2, 0.25) is 0 Å². The maximum Gasteiger partial charge on any atom is 0.305 e. The predicted molar refractivity (Wildman–Crippen MR) is 136 cm³/mol. The highest BCUT2D eigenvalue weighted by Crippen LogP contribution is 2.36. The Morgan fingerprint density at radius 2 is 1.71 bits per heavy atom. The number of benzene rings is 2. The van der Waals surface area contributed by atoms with E-state index in [0.29, 0.717) is 30.3 Å². The molecule has 1 aliphatic heterocycles. The second-order valence-corrected chi connectivity index (χ2v) is 9.87. The van der Waals surface area contributed by atoms with E-state index in [2.05, 4.69) is 10.6 Å². The van der Waals surface area contributed by atoms with Crippen LogP contribution in [0.4, 0.5) is 0 Å². The summed E-state index contributed by atoms with van der Waals surface area (Å²) in [5.74, 6) is -3.29. The van der Waals surface area contributed by atoms with Crippen molar-refractivity contribution in [2.75, 3.05) is 6.54 Å². The van der Waals surface area contributed by atoms with Gasteiger partial charge in [0.15, 0.2) is 5.78 Å². The summed E-state index contributed by atoms with van der Waals surface area (Å²) in [6, 6.07) is 9.06. The van der Waals surface area contributed by atoms with E-state index in [-0.39, 0.29) is 23.8 Å². The lowest BCUT2D eigenvalue weighted by molar-refractivity contribution is -0.142. The number of aliphatic carboxylic acids is 1. The molecule has 1 unspecified atom stereocenters. The minimum atomic E-state index is -1.23. The van der Waals surface area contributed by atoms with Crippen molar-refractivity contribution < 1.29 is 33.9 Å². The Kier molecular flexibility index (Phi) is 7.70. The van der Waals surface area contributed by atoms with E-state index in [0.717, 1.165) is 11.1 Å². The maximum atomic E-state index is 13.5. The predicted octanol–water partition coefficient (Wildman–Crippen LogP) is 1.80. The molecular weight excluding hydrogens is 490 g/mol. The highest BCUT2D eigenvalue weighted by atomic mass is 16.4. The Balaban J connectivity index is 1.49. The van der Waals surface area contributed by atoms with Gasteiger partial charge in [0, 0.05) is 23.2 Å². The quantitative estimate of drug-likeness (QED) is 0.365. The average Bonchev–Trinajstić information content (AvgIpc) is 3.49. The second-order valence-electron chi connectivity index (χ2n) is 9.87. The zero-order valence-electron chi connectivity index (χ0n) is 21.1. The number of nitrogens with zero attached hydrogens (tertiary/aromatic N) is 1. The van der Waals surface area contributed by atoms with Crippen LogP contribution in [0.15, 0.2) is 42.5 Å². The molecule has 0 saturated carbocycles. The number of fused-ring (bicyclic) bond motifs is 3. The number of carboxylic acid groups (broad SMARTS) is 1. The van der Waals surface area contributed by atoms with Crippen molar-refractivity contribution in [2.45, 2.75) is 51.2 Å². The van der Waals surface area contributed by atoms with Gasteiger partial charge in [-0.3, -0.25) is 24.0 Å². The van der Waals surface area contributed by atoms with Crippen molar-refractivity contribution in [3.63, 3.8) is 0 Å². The topological polar surface area (TPSA) is 150 Å². The van der Waals surface area contributed by atoms with Crippen molar-refractivity contribution >= 4 is 35.8 Å². The monoisotopic (exact) mass is 519 g/mol. The number of nitrogens with one attached hydrogen (secondary N) is 2. The van der Waals surface area contributed by atoms with Gasteiger partial charge in [0.25, 0.3) is 5.91 Å². The van der Waals surface area contributed by atoms with Crippen LogP contribution in [0.25, 0.3) is 11.1 Å². The molecule has 0 aromatic heterocycles. The molecule has 4 rings (SSSR count). The van der Waals surface area contributed by atoms with E-state index in [1.54, 1.807) is 38.1 Å². The first-order valence-corrected chi connectivity index (χ1v) is 12.5. The lowest BCUT2D eigenvalue weighted by Crippen LogP contribution is -2.56. The molecule has 3 atom stereocenters. The summed E-state index contributed by atoms with van der Waals surface area (Å²) in [5, 5.41) is 14.1. The first-order valence-electron chi connectivity index (χ1n) is 12.5. The molecule has 0 bridgehead atoms. The molecule has 0 radical (unpaired) electrons. The Morgan fingerprint density at radius 3 is 2.37 bits per heavy atom. The first-order chi connectivity index (χ1) is 18.1. The minimum Gasteiger partial charge on any atom is -0.481 e. The molecule has 1 aliphatic carbocycles. The molecule has 3 N–H and O–H groups in total. The number of likely N-dealkylation sites (tertiary alicyclic amines) is 1. The van der Waals surface area contributed by atoms with Crippen molar-refractivity contribution in [1.29, 1.82) is 0 Å². The van der Waals surface area contributed by atoms with Crippen LogP contribution in [0, 0.1) is 5.92 Å². The van der Waals surface area contributed by atoms with E-state index < -0.39 is 48.2 Å². The molecule has 198 valence electrons. The molecule has 10 nitrogen and oxygen atoms in total. The van der Waals surface area contributed by atoms with Gasteiger partial charge in [0.2, 0.25) is 11.8 Å². The van der Waals surface area contributed by atoms with Crippen LogP contribution in [-0.2, 0) is 19.2 Å². The van der Waals surface area contributed by atoms with E-state index in [9.17, 15) is 28.8 Å².